The third-order valence-corrected chi connectivity index (χ3v) is 13.7. The molecule has 1 atom stereocenters. The Balaban J connectivity index is 1.80. The molecule has 0 aliphatic carbocycles. The van der Waals surface area contributed by atoms with Crippen LogP contribution in [0.2, 0.25) is 18.1 Å². The third-order valence-electron chi connectivity index (χ3n) is 9.25. The Labute approximate surface area is 326 Å². The Morgan fingerprint density at radius 3 is 2.07 bits per heavy atom. The van der Waals surface area contributed by atoms with Gasteiger partial charge in [-0.1, -0.05) is 51.8 Å². The number of non-ortho nitro benzene ring substituents is 1. The van der Waals surface area contributed by atoms with Gasteiger partial charge in [-0.2, -0.15) is 0 Å². The molecule has 1 aromatic heterocycles. The number of nitro benzene ring substituents is 1. The minimum atomic E-state index is -2.45. The normalized spacial score (nSPS) is 13.0. The molecule has 1 amide bonds. The summed E-state index contributed by atoms with van der Waals surface area (Å²) in [5.41, 5.74) is 0.232. The molecule has 1 N–H and O–H groups in total. The number of carbonyl (C=O) groups excluding carboxylic acids is 2. The van der Waals surface area contributed by atoms with Crippen molar-refractivity contribution in [1.82, 2.24) is 9.88 Å². The number of amides is 1. The molecule has 0 radical (unpaired) electrons. The number of hydrogen-bond donors (Lipinski definition) is 1. The number of nitro groups is 1. The number of benzene rings is 2. The molecule has 3 aromatic rings. The molecular weight excluding hydrogens is 723 g/mol. The van der Waals surface area contributed by atoms with Gasteiger partial charge in [0.25, 0.3) is 5.69 Å². The van der Waals surface area contributed by atoms with Gasteiger partial charge in [-0.3, -0.25) is 14.9 Å². The van der Waals surface area contributed by atoms with Crippen molar-refractivity contribution in [2.75, 3.05) is 26.3 Å². The third kappa shape index (κ3) is 14.7. The number of aromatic amines is 1. The minimum Gasteiger partial charge on any atom is -0.444 e. The summed E-state index contributed by atoms with van der Waals surface area (Å²) in [7, 11) is -2.45. The second-order valence-corrected chi connectivity index (χ2v) is 22.1. The van der Waals surface area contributed by atoms with Crippen LogP contribution in [0, 0.1) is 10.1 Å². The average Bonchev–Trinajstić information content (AvgIpc) is 3.04. The van der Waals surface area contributed by atoms with E-state index in [2.05, 4.69) is 38.8 Å². The number of carbonyl (C=O) groups is 2. The van der Waals surface area contributed by atoms with E-state index in [0.29, 0.717) is 37.1 Å². The molecule has 55 heavy (non-hydrogen) atoms. The van der Waals surface area contributed by atoms with Crippen LogP contribution in [0.15, 0.2) is 53.3 Å². The number of nitrogens with zero attached hydrogens (tertiary/aromatic N) is 2. The average molecular weight is 784 g/mol. The van der Waals surface area contributed by atoms with Crippen LogP contribution < -0.4 is 10.3 Å². The van der Waals surface area contributed by atoms with Crippen LogP contribution in [-0.4, -0.2) is 72.9 Å². The quantitative estimate of drug-likeness (QED) is 0.0349. The Morgan fingerprint density at radius 1 is 0.836 bits per heavy atom. The van der Waals surface area contributed by atoms with Crippen LogP contribution in [0.3, 0.4) is 0 Å². The predicted octanol–water partition coefficient (Wildman–Crippen LogP) is 9.87. The zero-order chi connectivity index (χ0) is 41.2. The van der Waals surface area contributed by atoms with Gasteiger partial charge in [0, 0.05) is 36.7 Å². The monoisotopic (exact) mass is 783 g/mol. The molecule has 2 aromatic carbocycles. The molecular formula is C41H61N3O10Si. The molecule has 0 aliphatic rings. The zero-order valence-electron chi connectivity index (χ0n) is 34.5. The number of pyridine rings is 1. The number of H-pyrrole nitrogens is 1. The summed E-state index contributed by atoms with van der Waals surface area (Å²) in [4.78, 5) is 54.0. The van der Waals surface area contributed by atoms with Crippen LogP contribution in [0.5, 0.6) is 5.75 Å². The van der Waals surface area contributed by atoms with Gasteiger partial charge in [0.15, 0.2) is 14.1 Å². The summed E-state index contributed by atoms with van der Waals surface area (Å²) in [6.07, 6.45) is 2.06. The fraction of sp³-hybridized carbons (Fsp3) is 0.585. The summed E-state index contributed by atoms with van der Waals surface area (Å²) in [5.74, 6) is 0.135. The molecule has 3 rings (SSSR count). The number of aromatic nitrogens is 1. The lowest BCUT2D eigenvalue weighted by Gasteiger charge is -2.41. The summed E-state index contributed by atoms with van der Waals surface area (Å²) in [5, 5.41) is 11.3. The molecule has 1 heterocycles. The number of hydrogen-bond acceptors (Lipinski definition) is 10. The number of rotatable bonds is 17. The van der Waals surface area contributed by atoms with Crippen molar-refractivity contribution in [3.63, 3.8) is 0 Å². The lowest BCUT2D eigenvalue weighted by Crippen LogP contribution is -2.46. The van der Waals surface area contributed by atoms with Crippen molar-refractivity contribution in [3.8, 4) is 5.75 Å². The predicted molar refractivity (Wildman–Crippen MR) is 216 cm³/mol. The Kier molecular flexibility index (Phi) is 15.6. The van der Waals surface area contributed by atoms with Crippen molar-refractivity contribution in [1.29, 1.82) is 0 Å². The first-order chi connectivity index (χ1) is 25.5. The first-order valence-electron chi connectivity index (χ1n) is 19.0. The van der Waals surface area contributed by atoms with E-state index in [-0.39, 0.29) is 28.6 Å². The summed E-state index contributed by atoms with van der Waals surface area (Å²) in [6.45, 7) is 23.2. The number of unbranched alkanes of at least 4 members (excludes halogenated alkanes) is 3. The lowest BCUT2D eigenvalue weighted by atomic mass is 10.0. The zero-order valence-corrected chi connectivity index (χ0v) is 35.5. The molecule has 0 saturated heterocycles. The lowest BCUT2D eigenvalue weighted by molar-refractivity contribution is -0.384. The van der Waals surface area contributed by atoms with Gasteiger partial charge in [0.2, 0.25) is 5.56 Å². The van der Waals surface area contributed by atoms with Crippen molar-refractivity contribution < 1.29 is 37.9 Å². The first kappa shape index (κ1) is 45.1. The van der Waals surface area contributed by atoms with Crippen molar-refractivity contribution >= 4 is 37.2 Å². The molecule has 1 unspecified atom stereocenters. The van der Waals surface area contributed by atoms with Crippen molar-refractivity contribution in [2.45, 2.75) is 130 Å². The summed E-state index contributed by atoms with van der Waals surface area (Å²) >= 11 is 0. The highest BCUT2D eigenvalue weighted by atomic mass is 28.4. The minimum absolute atomic E-state index is 0.0699. The van der Waals surface area contributed by atoms with E-state index < -0.39 is 42.8 Å². The molecule has 0 bridgehead atoms. The molecule has 0 aliphatic heterocycles. The van der Waals surface area contributed by atoms with Crippen LogP contribution in [0.1, 0.15) is 105 Å². The molecule has 304 valence electrons. The van der Waals surface area contributed by atoms with Crippen molar-refractivity contribution in [3.05, 3.63) is 80.1 Å². The van der Waals surface area contributed by atoms with E-state index in [1.165, 1.54) is 18.2 Å². The second-order valence-electron chi connectivity index (χ2n) is 17.3. The van der Waals surface area contributed by atoms with Crippen molar-refractivity contribution in [2.24, 2.45) is 0 Å². The van der Waals surface area contributed by atoms with Crippen LogP contribution in [-0.2, 0) is 25.1 Å². The van der Waals surface area contributed by atoms with E-state index in [1.807, 2.05) is 26.8 Å². The molecule has 0 spiro atoms. The maximum absolute atomic E-state index is 13.8. The fourth-order valence-electron chi connectivity index (χ4n) is 5.43. The number of fused-ring (bicyclic) bond motifs is 1. The highest BCUT2D eigenvalue weighted by molar-refractivity contribution is 6.74. The van der Waals surface area contributed by atoms with E-state index in [4.69, 9.17) is 23.4 Å². The number of nitrogens with one attached hydrogen (secondary N) is 1. The molecule has 0 fully saturated rings. The topological polar surface area (TPSA) is 160 Å². The van der Waals surface area contributed by atoms with Gasteiger partial charge >= 0.3 is 12.2 Å². The van der Waals surface area contributed by atoms with Gasteiger partial charge in [-0.25, -0.2) is 9.59 Å². The maximum atomic E-state index is 13.8. The number of ether oxygens (including phenoxy) is 4. The highest BCUT2D eigenvalue weighted by Crippen LogP contribution is 2.42. The van der Waals surface area contributed by atoms with E-state index >= 15 is 0 Å². The van der Waals surface area contributed by atoms with Gasteiger partial charge in [0.05, 0.1) is 29.7 Å². The first-order valence-corrected chi connectivity index (χ1v) is 21.9. The van der Waals surface area contributed by atoms with Gasteiger partial charge in [-0.05, 0) is 102 Å². The second kappa shape index (κ2) is 19.0. The standard InChI is InChI=1S/C41H61N3O10Si/c1-39(2,3)52-37(46)43(25-14-12-13-15-26-50-27-24-29-16-18-30(19-17-29)44(48)49)28-34(54-55(10,11)41(7,8)9)31-20-22-33(51-38(47)53-40(4,5)6)36-32(31)21-23-35(45)42-36/h16-23,34H,12-15,24-28H2,1-11H3,(H,42,45). The van der Waals surface area contributed by atoms with E-state index in [1.54, 1.807) is 49.9 Å². The Hall–Kier alpha value is -4.27. The maximum Gasteiger partial charge on any atom is 0.514 e. The highest BCUT2D eigenvalue weighted by Gasteiger charge is 2.41. The molecule has 13 nitrogen and oxygen atoms in total. The molecule has 0 saturated carbocycles. The molecule has 14 heteroatoms. The van der Waals surface area contributed by atoms with Crippen LogP contribution >= 0.6 is 0 Å². The Morgan fingerprint density at radius 2 is 1.47 bits per heavy atom. The van der Waals surface area contributed by atoms with Crippen LogP contribution in [0.25, 0.3) is 10.9 Å². The smallest absolute Gasteiger partial charge is 0.444 e. The SMILES string of the molecule is CC(C)(C)OC(=O)Oc1ccc(C(CN(CCCCCCOCCc2ccc([N+](=O)[O-])cc2)C(=O)OC(C)(C)C)O[Si](C)(C)C(C)(C)C)c2ccc(=O)[nH]c12. The Bertz CT molecular complexity index is 1800. The van der Waals surface area contributed by atoms with E-state index in [0.717, 1.165) is 36.8 Å². The largest absolute Gasteiger partial charge is 0.514 e. The van der Waals surface area contributed by atoms with Crippen LogP contribution in [0.4, 0.5) is 15.3 Å². The van der Waals surface area contributed by atoms with E-state index in [9.17, 15) is 24.5 Å². The van der Waals surface area contributed by atoms with Gasteiger partial charge in [-0.15, -0.1) is 0 Å². The van der Waals surface area contributed by atoms with Gasteiger partial charge in [0.1, 0.15) is 11.2 Å². The fourth-order valence-corrected chi connectivity index (χ4v) is 6.69. The summed E-state index contributed by atoms with van der Waals surface area (Å²) in [6, 6.07) is 13.0. The van der Waals surface area contributed by atoms with Gasteiger partial charge < -0.3 is 33.3 Å². The summed E-state index contributed by atoms with van der Waals surface area (Å²) < 4.78 is 29.7.